The van der Waals surface area contributed by atoms with Gasteiger partial charge in [-0.25, -0.2) is 0 Å². The molecule has 1 amide bonds. The van der Waals surface area contributed by atoms with Crippen molar-refractivity contribution in [3.63, 3.8) is 0 Å². The highest BCUT2D eigenvalue weighted by atomic mass is 79.9. The van der Waals surface area contributed by atoms with Crippen LogP contribution in [0.4, 0.5) is 0 Å². The number of aryl methyl sites for hydroxylation is 1. The second-order valence-corrected chi connectivity index (χ2v) is 6.30. The minimum atomic E-state index is 0.0247. The Hall–Kier alpha value is -0.870. The molecule has 0 saturated carbocycles. The van der Waals surface area contributed by atoms with Crippen LogP contribution < -0.4 is 5.73 Å². The lowest BCUT2D eigenvalue weighted by Gasteiger charge is -2.38. The number of benzene rings is 1. The predicted molar refractivity (Wildman–Crippen MR) is 81.2 cm³/mol. The Labute approximate surface area is 123 Å². The van der Waals surface area contributed by atoms with Crippen molar-refractivity contribution in [3.8, 4) is 0 Å². The van der Waals surface area contributed by atoms with Crippen molar-refractivity contribution in [1.29, 1.82) is 0 Å². The molecule has 19 heavy (non-hydrogen) atoms. The van der Waals surface area contributed by atoms with Gasteiger partial charge in [0.05, 0.1) is 0 Å². The average Bonchev–Trinajstić information content (AvgIpc) is 2.40. The lowest BCUT2D eigenvalue weighted by Crippen LogP contribution is -2.51. The summed E-state index contributed by atoms with van der Waals surface area (Å²) >= 11 is 3.44. The van der Waals surface area contributed by atoms with Crippen LogP contribution in [0.5, 0.6) is 0 Å². The van der Waals surface area contributed by atoms with Crippen LogP contribution >= 0.6 is 15.9 Å². The van der Waals surface area contributed by atoms with Crippen molar-refractivity contribution in [1.82, 2.24) is 4.90 Å². The minimum absolute atomic E-state index is 0.0247. The van der Waals surface area contributed by atoms with E-state index in [4.69, 9.17) is 5.73 Å². The van der Waals surface area contributed by atoms with E-state index in [1.807, 2.05) is 36.9 Å². The van der Waals surface area contributed by atoms with E-state index in [0.717, 1.165) is 41.4 Å². The zero-order valence-electron chi connectivity index (χ0n) is 11.5. The summed E-state index contributed by atoms with van der Waals surface area (Å²) in [6.45, 7) is 4.78. The van der Waals surface area contributed by atoms with Gasteiger partial charge in [-0.2, -0.15) is 0 Å². The summed E-state index contributed by atoms with van der Waals surface area (Å²) in [5, 5.41) is 0. The number of nitrogens with two attached hydrogens (primary N) is 1. The molecule has 0 bridgehead atoms. The zero-order valence-corrected chi connectivity index (χ0v) is 13.1. The SMILES string of the molecule is Cc1ccc(Br)cc1C(=O)N1CCCCC1C(C)N. The fraction of sp³-hybridized carbons (Fsp3) is 0.533. The predicted octanol–water partition coefficient (Wildman–Crippen LogP) is 3.10. The summed E-state index contributed by atoms with van der Waals surface area (Å²) < 4.78 is 0.941. The van der Waals surface area contributed by atoms with Crippen LogP contribution in [-0.4, -0.2) is 29.4 Å². The summed E-state index contributed by atoms with van der Waals surface area (Å²) in [6, 6.07) is 6.04. The van der Waals surface area contributed by atoms with Gasteiger partial charge in [-0.15, -0.1) is 0 Å². The molecule has 1 heterocycles. The molecule has 4 heteroatoms. The molecule has 2 atom stereocenters. The maximum absolute atomic E-state index is 12.7. The van der Waals surface area contributed by atoms with Crippen molar-refractivity contribution in [2.24, 2.45) is 5.73 Å². The number of carbonyl (C=O) groups excluding carboxylic acids is 1. The molecular weight excluding hydrogens is 304 g/mol. The van der Waals surface area contributed by atoms with Crippen LogP contribution in [0, 0.1) is 6.92 Å². The molecule has 2 unspecified atom stereocenters. The Balaban J connectivity index is 2.28. The molecule has 2 rings (SSSR count). The van der Waals surface area contributed by atoms with Crippen LogP contribution in [0.15, 0.2) is 22.7 Å². The molecule has 1 aromatic rings. The average molecular weight is 325 g/mol. The van der Waals surface area contributed by atoms with E-state index < -0.39 is 0 Å². The van der Waals surface area contributed by atoms with Crippen LogP contribution in [0.1, 0.15) is 42.1 Å². The Morgan fingerprint density at radius 1 is 1.47 bits per heavy atom. The van der Waals surface area contributed by atoms with Gasteiger partial charge in [-0.3, -0.25) is 4.79 Å². The standard InChI is InChI=1S/C15H21BrN2O/c1-10-6-7-12(16)9-13(10)15(19)18-8-4-3-5-14(18)11(2)17/h6-7,9,11,14H,3-5,8,17H2,1-2H3. The van der Waals surface area contributed by atoms with Crippen molar-refractivity contribution in [2.75, 3.05) is 6.54 Å². The van der Waals surface area contributed by atoms with Gasteiger partial charge in [0.15, 0.2) is 0 Å². The van der Waals surface area contributed by atoms with Gasteiger partial charge < -0.3 is 10.6 Å². The first-order chi connectivity index (χ1) is 9.00. The molecule has 1 saturated heterocycles. The number of likely N-dealkylation sites (tertiary alicyclic amines) is 1. The van der Waals surface area contributed by atoms with Gasteiger partial charge in [0.1, 0.15) is 0 Å². The first kappa shape index (κ1) is 14.5. The van der Waals surface area contributed by atoms with Crippen LogP contribution in [-0.2, 0) is 0 Å². The highest BCUT2D eigenvalue weighted by Crippen LogP contribution is 2.24. The van der Waals surface area contributed by atoms with Crippen molar-refractivity contribution >= 4 is 21.8 Å². The Kier molecular flexibility index (Phi) is 4.63. The third-order valence-corrected chi connectivity index (χ3v) is 4.34. The third-order valence-electron chi connectivity index (χ3n) is 3.85. The summed E-state index contributed by atoms with van der Waals surface area (Å²) in [6.07, 6.45) is 3.24. The third kappa shape index (κ3) is 3.18. The maximum Gasteiger partial charge on any atom is 0.254 e. The second-order valence-electron chi connectivity index (χ2n) is 5.38. The summed E-state index contributed by atoms with van der Waals surface area (Å²) in [7, 11) is 0. The summed E-state index contributed by atoms with van der Waals surface area (Å²) in [5.74, 6) is 0.112. The fourth-order valence-corrected chi connectivity index (χ4v) is 3.10. The number of hydrogen-bond acceptors (Lipinski definition) is 2. The molecule has 2 N–H and O–H groups in total. The van der Waals surface area contributed by atoms with Crippen LogP contribution in [0.2, 0.25) is 0 Å². The van der Waals surface area contributed by atoms with E-state index in [1.165, 1.54) is 0 Å². The van der Waals surface area contributed by atoms with Gasteiger partial charge in [-0.05, 0) is 50.8 Å². The number of nitrogens with zero attached hydrogens (tertiary/aromatic N) is 1. The van der Waals surface area contributed by atoms with E-state index in [1.54, 1.807) is 0 Å². The molecule has 0 radical (unpaired) electrons. The lowest BCUT2D eigenvalue weighted by atomic mass is 9.95. The number of amides is 1. The topological polar surface area (TPSA) is 46.3 Å². The van der Waals surface area contributed by atoms with Crippen LogP contribution in [0.25, 0.3) is 0 Å². The number of piperidine rings is 1. The lowest BCUT2D eigenvalue weighted by molar-refractivity contribution is 0.0583. The molecule has 1 aliphatic rings. The molecule has 1 aliphatic heterocycles. The zero-order chi connectivity index (χ0) is 14.0. The van der Waals surface area contributed by atoms with Crippen molar-refractivity contribution in [3.05, 3.63) is 33.8 Å². The highest BCUT2D eigenvalue weighted by molar-refractivity contribution is 9.10. The van der Waals surface area contributed by atoms with Gasteiger partial charge in [-0.1, -0.05) is 22.0 Å². The normalized spacial score (nSPS) is 21.3. The molecule has 3 nitrogen and oxygen atoms in total. The van der Waals surface area contributed by atoms with Crippen molar-refractivity contribution in [2.45, 2.75) is 45.2 Å². The number of rotatable bonds is 2. The second kappa shape index (κ2) is 6.06. The number of halogens is 1. The van der Waals surface area contributed by atoms with Gasteiger partial charge >= 0.3 is 0 Å². The summed E-state index contributed by atoms with van der Waals surface area (Å²) in [5.41, 5.74) is 7.83. The molecule has 0 aromatic heterocycles. The molecular formula is C15H21BrN2O. The Morgan fingerprint density at radius 3 is 2.89 bits per heavy atom. The number of carbonyl (C=O) groups is 1. The molecule has 0 aliphatic carbocycles. The van der Waals surface area contributed by atoms with E-state index >= 15 is 0 Å². The van der Waals surface area contributed by atoms with Crippen molar-refractivity contribution < 1.29 is 4.79 Å². The molecule has 0 spiro atoms. The molecule has 1 aromatic carbocycles. The first-order valence-corrected chi connectivity index (χ1v) is 7.62. The Bertz CT molecular complexity index is 473. The van der Waals surface area contributed by atoms with E-state index in [9.17, 15) is 4.79 Å². The highest BCUT2D eigenvalue weighted by Gasteiger charge is 2.30. The van der Waals surface area contributed by atoms with E-state index in [2.05, 4.69) is 15.9 Å². The smallest absolute Gasteiger partial charge is 0.254 e. The Morgan fingerprint density at radius 2 is 2.21 bits per heavy atom. The van der Waals surface area contributed by atoms with Gasteiger partial charge in [0.2, 0.25) is 0 Å². The monoisotopic (exact) mass is 324 g/mol. The largest absolute Gasteiger partial charge is 0.334 e. The van der Waals surface area contributed by atoms with Gasteiger partial charge in [0.25, 0.3) is 5.91 Å². The quantitative estimate of drug-likeness (QED) is 0.908. The first-order valence-electron chi connectivity index (χ1n) is 6.83. The minimum Gasteiger partial charge on any atom is -0.334 e. The van der Waals surface area contributed by atoms with E-state index in [0.29, 0.717) is 0 Å². The molecule has 104 valence electrons. The molecule has 1 fully saturated rings. The van der Waals surface area contributed by atoms with Gasteiger partial charge in [0, 0.05) is 28.7 Å². The van der Waals surface area contributed by atoms with Crippen LogP contribution in [0.3, 0.4) is 0 Å². The van der Waals surface area contributed by atoms with E-state index in [-0.39, 0.29) is 18.0 Å². The summed E-state index contributed by atoms with van der Waals surface area (Å²) in [4.78, 5) is 14.7. The number of hydrogen-bond donors (Lipinski definition) is 1. The fourth-order valence-electron chi connectivity index (χ4n) is 2.74. The maximum atomic E-state index is 12.7.